The predicted molar refractivity (Wildman–Crippen MR) is 68.2 cm³/mol. The monoisotopic (exact) mass is 238 g/mol. The van der Waals surface area contributed by atoms with Crippen LogP contribution in [0.25, 0.3) is 0 Å². The van der Waals surface area contributed by atoms with E-state index in [1.165, 1.54) is 0 Å². The second-order valence-electron chi connectivity index (χ2n) is 4.21. The Labute approximate surface area is 103 Å². The molecule has 1 unspecified atom stereocenters. The van der Waals surface area contributed by atoms with Gasteiger partial charge in [-0.05, 0) is 26.3 Å². The molecule has 0 spiro atoms. The molecule has 0 aliphatic rings. The standard InChI is InChI=1S/C14H22O3/c1-4-16-5-6-17-10-14(15)13-8-11(2)7-12(3)9-13/h7-9,14-15H,4-6,10H2,1-3H3. The van der Waals surface area contributed by atoms with Crippen LogP contribution >= 0.6 is 0 Å². The summed E-state index contributed by atoms with van der Waals surface area (Å²) in [6.45, 7) is 8.12. The highest BCUT2D eigenvalue weighted by Crippen LogP contribution is 2.17. The van der Waals surface area contributed by atoms with Crippen LogP contribution < -0.4 is 0 Å². The van der Waals surface area contributed by atoms with E-state index in [4.69, 9.17) is 9.47 Å². The number of hydrogen-bond acceptors (Lipinski definition) is 3. The topological polar surface area (TPSA) is 38.7 Å². The number of rotatable bonds is 7. The lowest BCUT2D eigenvalue weighted by Gasteiger charge is -2.13. The third-order valence-electron chi connectivity index (χ3n) is 2.48. The summed E-state index contributed by atoms with van der Waals surface area (Å²) in [4.78, 5) is 0. The Hall–Kier alpha value is -0.900. The molecule has 0 saturated carbocycles. The van der Waals surface area contributed by atoms with E-state index in [0.717, 1.165) is 16.7 Å². The highest BCUT2D eigenvalue weighted by molar-refractivity contribution is 5.29. The Morgan fingerprint density at radius 1 is 1.06 bits per heavy atom. The highest BCUT2D eigenvalue weighted by atomic mass is 16.5. The summed E-state index contributed by atoms with van der Waals surface area (Å²) < 4.78 is 10.5. The van der Waals surface area contributed by atoms with Gasteiger partial charge in [0, 0.05) is 6.61 Å². The molecule has 0 aliphatic heterocycles. The van der Waals surface area contributed by atoms with E-state index in [1.54, 1.807) is 0 Å². The highest BCUT2D eigenvalue weighted by Gasteiger charge is 2.08. The average Bonchev–Trinajstić information content (AvgIpc) is 2.27. The maximum Gasteiger partial charge on any atom is 0.102 e. The fraction of sp³-hybridized carbons (Fsp3) is 0.571. The van der Waals surface area contributed by atoms with Crippen LogP contribution in [0.4, 0.5) is 0 Å². The summed E-state index contributed by atoms with van der Waals surface area (Å²) in [7, 11) is 0. The molecule has 1 rings (SSSR count). The van der Waals surface area contributed by atoms with E-state index < -0.39 is 6.10 Å². The summed E-state index contributed by atoms with van der Waals surface area (Å²) >= 11 is 0. The molecular weight excluding hydrogens is 216 g/mol. The van der Waals surface area contributed by atoms with Gasteiger partial charge in [0.05, 0.1) is 19.8 Å². The molecule has 3 nitrogen and oxygen atoms in total. The summed E-state index contributed by atoms with van der Waals surface area (Å²) in [5.41, 5.74) is 3.24. The van der Waals surface area contributed by atoms with Crippen molar-refractivity contribution in [3.63, 3.8) is 0 Å². The Morgan fingerprint density at radius 2 is 1.65 bits per heavy atom. The van der Waals surface area contributed by atoms with Crippen LogP contribution in [-0.4, -0.2) is 31.5 Å². The summed E-state index contributed by atoms with van der Waals surface area (Å²) in [5, 5.41) is 9.96. The lowest BCUT2D eigenvalue weighted by atomic mass is 10.0. The molecule has 17 heavy (non-hydrogen) atoms. The number of ether oxygens (including phenoxy) is 2. The van der Waals surface area contributed by atoms with Crippen LogP contribution in [0.3, 0.4) is 0 Å². The Bertz CT molecular complexity index is 316. The van der Waals surface area contributed by atoms with Gasteiger partial charge in [0.15, 0.2) is 0 Å². The molecule has 1 N–H and O–H groups in total. The Morgan fingerprint density at radius 3 is 2.24 bits per heavy atom. The fourth-order valence-corrected chi connectivity index (χ4v) is 1.76. The molecule has 0 radical (unpaired) electrons. The summed E-state index contributed by atoms with van der Waals surface area (Å²) in [5.74, 6) is 0. The van der Waals surface area contributed by atoms with Crippen molar-refractivity contribution in [3.05, 3.63) is 34.9 Å². The molecular formula is C14H22O3. The fourth-order valence-electron chi connectivity index (χ4n) is 1.76. The number of aliphatic hydroxyl groups excluding tert-OH is 1. The van der Waals surface area contributed by atoms with Gasteiger partial charge in [-0.1, -0.05) is 29.3 Å². The molecule has 0 aliphatic carbocycles. The molecule has 0 amide bonds. The molecule has 1 aromatic carbocycles. The van der Waals surface area contributed by atoms with E-state index in [2.05, 4.69) is 6.07 Å². The third kappa shape index (κ3) is 5.31. The molecule has 1 atom stereocenters. The van der Waals surface area contributed by atoms with Crippen molar-refractivity contribution in [1.29, 1.82) is 0 Å². The first kappa shape index (κ1) is 14.2. The number of aryl methyl sites for hydroxylation is 2. The maximum absolute atomic E-state index is 9.96. The van der Waals surface area contributed by atoms with Gasteiger partial charge in [-0.2, -0.15) is 0 Å². The van der Waals surface area contributed by atoms with Gasteiger partial charge in [0.1, 0.15) is 6.10 Å². The van der Waals surface area contributed by atoms with Crippen molar-refractivity contribution in [2.45, 2.75) is 26.9 Å². The van der Waals surface area contributed by atoms with E-state index in [-0.39, 0.29) is 0 Å². The third-order valence-corrected chi connectivity index (χ3v) is 2.48. The molecule has 0 fully saturated rings. The van der Waals surface area contributed by atoms with Crippen molar-refractivity contribution in [2.24, 2.45) is 0 Å². The van der Waals surface area contributed by atoms with E-state index in [9.17, 15) is 5.11 Å². The minimum Gasteiger partial charge on any atom is -0.386 e. The van der Waals surface area contributed by atoms with Crippen LogP contribution in [-0.2, 0) is 9.47 Å². The van der Waals surface area contributed by atoms with Gasteiger partial charge < -0.3 is 14.6 Å². The van der Waals surface area contributed by atoms with Crippen molar-refractivity contribution in [1.82, 2.24) is 0 Å². The average molecular weight is 238 g/mol. The lowest BCUT2D eigenvalue weighted by molar-refractivity contribution is 0.00528. The molecule has 0 saturated heterocycles. The van der Waals surface area contributed by atoms with Crippen LogP contribution in [0, 0.1) is 13.8 Å². The summed E-state index contributed by atoms with van der Waals surface area (Å²) in [6.07, 6.45) is -0.560. The van der Waals surface area contributed by atoms with Gasteiger partial charge in [-0.3, -0.25) is 0 Å². The second kappa shape index (κ2) is 7.43. The molecule has 96 valence electrons. The molecule has 0 heterocycles. The van der Waals surface area contributed by atoms with Gasteiger partial charge in [0.25, 0.3) is 0 Å². The molecule has 0 bridgehead atoms. The minimum absolute atomic E-state index is 0.315. The van der Waals surface area contributed by atoms with E-state index >= 15 is 0 Å². The van der Waals surface area contributed by atoms with Crippen LogP contribution in [0.15, 0.2) is 18.2 Å². The molecule has 3 heteroatoms. The lowest BCUT2D eigenvalue weighted by Crippen LogP contribution is -2.11. The summed E-state index contributed by atoms with van der Waals surface area (Å²) in [6, 6.07) is 6.07. The second-order valence-corrected chi connectivity index (χ2v) is 4.21. The Kier molecular flexibility index (Phi) is 6.19. The van der Waals surface area contributed by atoms with Crippen molar-refractivity contribution in [3.8, 4) is 0 Å². The number of benzene rings is 1. The van der Waals surface area contributed by atoms with Gasteiger partial charge >= 0.3 is 0 Å². The van der Waals surface area contributed by atoms with Crippen molar-refractivity contribution in [2.75, 3.05) is 26.4 Å². The van der Waals surface area contributed by atoms with Gasteiger partial charge in [-0.25, -0.2) is 0 Å². The first-order valence-electron chi connectivity index (χ1n) is 6.05. The first-order chi connectivity index (χ1) is 8.13. The van der Waals surface area contributed by atoms with Crippen molar-refractivity contribution < 1.29 is 14.6 Å². The zero-order valence-corrected chi connectivity index (χ0v) is 10.9. The molecule has 1 aromatic rings. The number of aliphatic hydroxyl groups is 1. The van der Waals surface area contributed by atoms with Crippen LogP contribution in [0.1, 0.15) is 29.7 Å². The normalized spacial score (nSPS) is 12.7. The van der Waals surface area contributed by atoms with Gasteiger partial charge in [-0.15, -0.1) is 0 Å². The maximum atomic E-state index is 9.96. The zero-order valence-electron chi connectivity index (χ0n) is 10.9. The quantitative estimate of drug-likeness (QED) is 0.741. The minimum atomic E-state index is -0.560. The SMILES string of the molecule is CCOCCOCC(O)c1cc(C)cc(C)c1. The largest absolute Gasteiger partial charge is 0.386 e. The van der Waals surface area contributed by atoms with E-state index in [1.807, 2.05) is 32.9 Å². The molecule has 0 aromatic heterocycles. The Balaban J connectivity index is 2.38. The van der Waals surface area contributed by atoms with Crippen LogP contribution in [0.2, 0.25) is 0 Å². The zero-order chi connectivity index (χ0) is 12.7. The first-order valence-corrected chi connectivity index (χ1v) is 6.05. The van der Waals surface area contributed by atoms with Crippen molar-refractivity contribution >= 4 is 0 Å². The van der Waals surface area contributed by atoms with Gasteiger partial charge in [0.2, 0.25) is 0 Å². The predicted octanol–water partition coefficient (Wildman–Crippen LogP) is 2.39. The smallest absolute Gasteiger partial charge is 0.102 e. The van der Waals surface area contributed by atoms with E-state index in [0.29, 0.717) is 26.4 Å². The van der Waals surface area contributed by atoms with Crippen LogP contribution in [0.5, 0.6) is 0 Å². The number of hydrogen-bond donors (Lipinski definition) is 1.